The predicted octanol–water partition coefficient (Wildman–Crippen LogP) is 7.81. The number of fused-ring (bicyclic) bond motifs is 1. The number of hydrogen-bond donors (Lipinski definition) is 0. The van der Waals surface area contributed by atoms with Crippen LogP contribution < -0.4 is 9.13 Å². The van der Waals surface area contributed by atoms with Crippen LogP contribution in [0.25, 0.3) is 33.5 Å². The molecule has 0 amide bonds. The number of aryl methyl sites for hydroxylation is 2. The Morgan fingerprint density at radius 3 is 1.78 bits per heavy atom. The summed E-state index contributed by atoms with van der Waals surface area (Å²) in [5.74, 6) is 1.26. The molecule has 41 heavy (non-hydrogen) atoms. The Hall–Kier alpha value is -2.68. The first kappa shape index (κ1) is 31.3. The van der Waals surface area contributed by atoms with Crippen LogP contribution in [0.2, 0.25) is 0 Å². The van der Waals surface area contributed by atoms with Crippen LogP contribution in [0.1, 0.15) is 87.4 Å². The summed E-state index contributed by atoms with van der Waals surface area (Å²) in [7, 11) is 8.71. The Morgan fingerprint density at radius 1 is 0.732 bits per heavy atom. The van der Waals surface area contributed by atoms with Gasteiger partial charge in [-0.3, -0.25) is 0 Å². The fraction of sp³-hybridized carbons (Fsp3) is 0.371. The summed E-state index contributed by atoms with van der Waals surface area (Å²) in [6, 6.07) is 21.6. The Labute approximate surface area is 261 Å². The van der Waals surface area contributed by atoms with Gasteiger partial charge >= 0.3 is 28.2 Å². The van der Waals surface area contributed by atoms with Gasteiger partial charge in [0.15, 0.2) is 0 Å². The van der Waals surface area contributed by atoms with Gasteiger partial charge in [-0.05, 0) is 53.9 Å². The van der Waals surface area contributed by atoms with Crippen molar-refractivity contribution in [3.63, 3.8) is 0 Å². The molecular formula is C35H41ClN4Pt-. The fourth-order valence-electron chi connectivity index (χ4n) is 5.53. The number of hydrogen-bond acceptors (Lipinski definition) is 0. The zero-order valence-electron chi connectivity index (χ0n) is 25.8. The maximum absolute atomic E-state index is 4.61. The quantitative estimate of drug-likeness (QED) is 0.125. The zero-order valence-corrected chi connectivity index (χ0v) is 28.9. The summed E-state index contributed by atoms with van der Waals surface area (Å²) < 4.78 is 8.40. The zero-order chi connectivity index (χ0) is 30.2. The van der Waals surface area contributed by atoms with Crippen LogP contribution in [-0.2, 0) is 32.9 Å². The predicted molar refractivity (Wildman–Crippen MR) is 164 cm³/mol. The first-order chi connectivity index (χ1) is 19.5. The number of nitrogens with zero attached hydrogens (tertiary/aromatic N) is 4. The second kappa shape index (κ2) is 12.7. The first-order valence-electron chi connectivity index (χ1n) is 14.2. The molecule has 5 rings (SSSR count). The number of imidazole rings is 2. The normalized spacial score (nSPS) is 11.6. The average molecular weight is 748 g/mol. The van der Waals surface area contributed by atoms with Gasteiger partial charge in [0.25, 0.3) is 0 Å². The van der Waals surface area contributed by atoms with Gasteiger partial charge in [-0.2, -0.15) is 18.2 Å². The number of halogens is 1. The van der Waals surface area contributed by atoms with E-state index >= 15 is 0 Å². The average Bonchev–Trinajstić information content (AvgIpc) is 3.44. The van der Waals surface area contributed by atoms with Crippen LogP contribution in [-0.4, -0.2) is 9.13 Å². The van der Waals surface area contributed by atoms with Crippen LogP contribution in [0.5, 0.6) is 0 Å². The molecule has 0 saturated carbocycles. The second-order valence-electron chi connectivity index (χ2n) is 11.8. The topological polar surface area (TPSA) is 17.6 Å². The summed E-state index contributed by atoms with van der Waals surface area (Å²) in [5.41, 5.74) is 13.3. The van der Waals surface area contributed by atoms with Crippen LogP contribution >= 0.6 is 9.42 Å². The maximum atomic E-state index is 4.61. The molecule has 2 aromatic heterocycles. The molecule has 0 radical (unpaired) electrons. The van der Waals surface area contributed by atoms with Gasteiger partial charge in [0.05, 0.1) is 25.1 Å². The minimum atomic E-state index is 0.393. The van der Waals surface area contributed by atoms with Gasteiger partial charge in [-0.1, -0.05) is 89.3 Å². The monoisotopic (exact) mass is 747 g/mol. The summed E-state index contributed by atoms with van der Waals surface area (Å²) in [6.07, 6.45) is 7.04. The molecule has 0 aliphatic carbocycles. The summed E-state index contributed by atoms with van der Waals surface area (Å²) >= 11 is 1.61. The van der Waals surface area contributed by atoms with Crippen molar-refractivity contribution in [3.05, 3.63) is 95.3 Å². The number of aromatic nitrogens is 4. The Morgan fingerprint density at radius 2 is 1.27 bits per heavy atom. The van der Waals surface area contributed by atoms with Crippen molar-refractivity contribution in [2.24, 2.45) is 14.1 Å². The van der Waals surface area contributed by atoms with E-state index in [4.69, 9.17) is 0 Å². The van der Waals surface area contributed by atoms with Crippen molar-refractivity contribution in [2.75, 3.05) is 0 Å². The SMILES string of the molecule is Cc1c(C)[n+](-c2[c-]c(-[n+]3[c-]n(C)c4ccccc43)cc(-c3c(C(C)C)cc(C(C)C)cc3C(C)C)c2)[c-]n1C.[Cl][Pt]. The van der Waals surface area contributed by atoms with Crippen molar-refractivity contribution >= 4 is 20.5 Å². The van der Waals surface area contributed by atoms with Crippen LogP contribution in [0.15, 0.2) is 48.5 Å². The fourth-order valence-corrected chi connectivity index (χ4v) is 5.53. The van der Waals surface area contributed by atoms with E-state index in [1.165, 1.54) is 33.5 Å². The summed E-state index contributed by atoms with van der Waals surface area (Å²) in [6.45, 7) is 18.1. The van der Waals surface area contributed by atoms with Crippen molar-refractivity contribution in [1.82, 2.24) is 9.13 Å². The summed E-state index contributed by atoms with van der Waals surface area (Å²) in [5, 5.41) is 0. The Bertz CT molecular complexity index is 1660. The Kier molecular flexibility index (Phi) is 9.66. The molecule has 3 aromatic carbocycles. The molecule has 4 nitrogen and oxygen atoms in total. The number of rotatable bonds is 6. The third kappa shape index (κ3) is 5.97. The molecule has 6 heteroatoms. The molecule has 0 saturated heterocycles. The molecule has 219 valence electrons. The minimum absolute atomic E-state index is 0.393. The van der Waals surface area contributed by atoms with Crippen LogP contribution in [0.3, 0.4) is 0 Å². The van der Waals surface area contributed by atoms with Gasteiger partial charge < -0.3 is 18.3 Å². The van der Waals surface area contributed by atoms with E-state index in [0.29, 0.717) is 17.8 Å². The third-order valence-corrected chi connectivity index (χ3v) is 8.09. The molecule has 0 spiro atoms. The standard InChI is InChI=1S/C35H41N4.ClH.Pt/c1-22(2)27-17-31(23(3)4)35(32(18-27)24(5)6)28-15-29(38-20-36(9)25(7)26(38)8)19-30(16-28)39-21-37(10)33-13-11-12-14-34(33)39;;/h11-18,22-24H,1-10H3;1H;/q-1;;+1/p-1. The third-order valence-electron chi connectivity index (χ3n) is 8.09. The molecule has 5 aromatic rings. The molecule has 0 N–H and O–H groups in total. The number of benzene rings is 3. The Balaban J connectivity index is 0.00000189. The van der Waals surface area contributed by atoms with E-state index in [9.17, 15) is 0 Å². The van der Waals surface area contributed by atoms with E-state index in [2.05, 4.69) is 164 Å². The molecule has 0 bridgehead atoms. The van der Waals surface area contributed by atoms with E-state index in [0.717, 1.165) is 28.1 Å². The van der Waals surface area contributed by atoms with E-state index < -0.39 is 0 Å². The molecule has 0 aliphatic rings. The van der Waals surface area contributed by atoms with Gasteiger partial charge in [-0.25, -0.2) is 0 Å². The molecule has 0 aliphatic heterocycles. The molecule has 0 unspecified atom stereocenters. The van der Waals surface area contributed by atoms with Crippen molar-refractivity contribution in [1.29, 1.82) is 0 Å². The van der Waals surface area contributed by atoms with Crippen molar-refractivity contribution in [3.8, 4) is 22.5 Å². The van der Waals surface area contributed by atoms with Crippen LogP contribution in [0, 0.1) is 32.6 Å². The van der Waals surface area contributed by atoms with Gasteiger partial charge in [-0.15, -0.1) is 5.56 Å². The first-order valence-corrected chi connectivity index (χ1v) is 17.0. The van der Waals surface area contributed by atoms with E-state index in [1.54, 1.807) is 18.8 Å². The van der Waals surface area contributed by atoms with Gasteiger partial charge in [0.2, 0.25) is 12.7 Å². The molecule has 0 fully saturated rings. The molecule has 0 atom stereocenters. The molecule has 2 heterocycles. The second-order valence-corrected chi connectivity index (χ2v) is 11.8. The summed E-state index contributed by atoms with van der Waals surface area (Å²) in [4.78, 5) is 0. The number of para-hydroxylation sites is 2. The van der Waals surface area contributed by atoms with Crippen molar-refractivity contribution in [2.45, 2.75) is 73.1 Å². The van der Waals surface area contributed by atoms with Crippen molar-refractivity contribution < 1.29 is 27.9 Å². The van der Waals surface area contributed by atoms with E-state index in [-0.39, 0.29) is 0 Å². The van der Waals surface area contributed by atoms with Gasteiger partial charge in [0, 0.05) is 11.4 Å². The van der Waals surface area contributed by atoms with Crippen LogP contribution in [0.4, 0.5) is 0 Å². The van der Waals surface area contributed by atoms with E-state index in [1.807, 2.05) is 0 Å². The van der Waals surface area contributed by atoms with Gasteiger partial charge in [0.1, 0.15) is 0 Å². The molecular weight excluding hydrogens is 707 g/mol.